The van der Waals surface area contributed by atoms with Crippen LogP contribution in [0.25, 0.3) is 0 Å². The van der Waals surface area contributed by atoms with Gasteiger partial charge >= 0.3 is 0 Å². The zero-order valence-electron chi connectivity index (χ0n) is 13.1. The molecule has 0 spiro atoms. The summed E-state index contributed by atoms with van der Waals surface area (Å²) in [7, 11) is 0.743. The number of nitrogens with one attached hydrogen (secondary N) is 1. The van der Waals surface area contributed by atoms with Gasteiger partial charge in [-0.25, -0.2) is 8.42 Å². The van der Waals surface area contributed by atoms with E-state index in [1.807, 2.05) is 0 Å². The Hall–Kier alpha value is -1.51. The minimum Gasteiger partial charge on any atom is -0.495 e. The van der Waals surface area contributed by atoms with Crippen LogP contribution in [0.15, 0.2) is 17.0 Å². The van der Waals surface area contributed by atoms with Crippen LogP contribution in [-0.2, 0) is 10.0 Å². The van der Waals surface area contributed by atoms with Crippen molar-refractivity contribution in [3.8, 4) is 17.2 Å². The SMILES string of the molecule is COc1cc(OC)c(S(=O)(=O)N2CCCNCC2)cc1OC. The quantitative estimate of drug-likeness (QED) is 0.856. The summed E-state index contributed by atoms with van der Waals surface area (Å²) in [5.41, 5.74) is 0. The van der Waals surface area contributed by atoms with Gasteiger partial charge in [0.05, 0.1) is 21.3 Å². The van der Waals surface area contributed by atoms with Crippen LogP contribution in [-0.4, -0.2) is 60.2 Å². The van der Waals surface area contributed by atoms with Gasteiger partial charge in [-0.15, -0.1) is 0 Å². The first kappa shape index (κ1) is 16.9. The lowest BCUT2D eigenvalue weighted by Gasteiger charge is -2.22. The van der Waals surface area contributed by atoms with Crippen molar-refractivity contribution < 1.29 is 22.6 Å². The van der Waals surface area contributed by atoms with Crippen LogP contribution in [0.2, 0.25) is 0 Å². The molecule has 0 radical (unpaired) electrons. The predicted molar refractivity (Wildman–Crippen MR) is 82.3 cm³/mol. The molecule has 1 aromatic carbocycles. The Morgan fingerprint density at radius 3 is 2.23 bits per heavy atom. The second kappa shape index (κ2) is 7.17. The molecule has 0 atom stereocenters. The van der Waals surface area contributed by atoms with E-state index in [2.05, 4.69) is 5.32 Å². The number of nitrogens with zero attached hydrogens (tertiary/aromatic N) is 1. The molecule has 8 heteroatoms. The molecule has 0 bridgehead atoms. The number of rotatable bonds is 5. The van der Waals surface area contributed by atoms with Crippen molar-refractivity contribution >= 4 is 10.0 Å². The molecule has 0 aromatic heterocycles. The average Bonchev–Trinajstić information content (AvgIpc) is 2.83. The molecule has 1 fully saturated rings. The van der Waals surface area contributed by atoms with Gasteiger partial charge in [-0.1, -0.05) is 0 Å². The van der Waals surface area contributed by atoms with E-state index in [1.54, 1.807) is 0 Å². The van der Waals surface area contributed by atoms with Crippen LogP contribution in [0.3, 0.4) is 0 Å². The molecule has 7 nitrogen and oxygen atoms in total. The molecule has 2 rings (SSSR count). The molecule has 0 amide bonds. The van der Waals surface area contributed by atoms with E-state index >= 15 is 0 Å². The van der Waals surface area contributed by atoms with E-state index < -0.39 is 10.0 Å². The van der Waals surface area contributed by atoms with Gasteiger partial charge in [0.25, 0.3) is 0 Å². The average molecular weight is 330 g/mol. The van der Waals surface area contributed by atoms with Gasteiger partial charge in [-0.3, -0.25) is 0 Å². The summed E-state index contributed by atoms with van der Waals surface area (Å²) >= 11 is 0. The Morgan fingerprint density at radius 1 is 0.955 bits per heavy atom. The molecule has 1 heterocycles. The lowest BCUT2D eigenvalue weighted by Crippen LogP contribution is -2.34. The third-order valence-corrected chi connectivity index (χ3v) is 5.51. The summed E-state index contributed by atoms with van der Waals surface area (Å²) in [4.78, 5) is 0.0922. The van der Waals surface area contributed by atoms with E-state index in [0.717, 1.165) is 13.0 Å². The van der Waals surface area contributed by atoms with Crippen LogP contribution >= 0.6 is 0 Å². The normalized spacial score (nSPS) is 16.9. The second-order valence-corrected chi connectivity index (χ2v) is 6.77. The molecule has 22 heavy (non-hydrogen) atoms. The molecule has 124 valence electrons. The van der Waals surface area contributed by atoms with Crippen LogP contribution in [0.1, 0.15) is 6.42 Å². The Labute approximate surface area is 131 Å². The molecule has 1 aromatic rings. The highest BCUT2D eigenvalue weighted by Crippen LogP contribution is 2.38. The Morgan fingerprint density at radius 2 is 1.59 bits per heavy atom. The van der Waals surface area contributed by atoms with E-state index in [1.165, 1.54) is 37.8 Å². The number of benzene rings is 1. The molecular weight excluding hydrogens is 308 g/mol. The van der Waals surface area contributed by atoms with Crippen molar-refractivity contribution in [2.75, 3.05) is 47.5 Å². The van der Waals surface area contributed by atoms with Crippen LogP contribution in [0.4, 0.5) is 0 Å². The maximum atomic E-state index is 12.9. The van der Waals surface area contributed by atoms with Gasteiger partial charge in [0.1, 0.15) is 10.6 Å². The summed E-state index contributed by atoms with van der Waals surface area (Å²) in [5.74, 6) is 1.03. The van der Waals surface area contributed by atoms with E-state index in [-0.39, 0.29) is 10.6 Å². The van der Waals surface area contributed by atoms with E-state index in [4.69, 9.17) is 14.2 Å². The third kappa shape index (κ3) is 3.29. The number of hydrogen-bond acceptors (Lipinski definition) is 6. The number of sulfonamides is 1. The maximum absolute atomic E-state index is 12.9. The summed E-state index contributed by atoms with van der Waals surface area (Å²) in [6.45, 7) is 2.36. The minimum absolute atomic E-state index is 0.0922. The highest BCUT2D eigenvalue weighted by Gasteiger charge is 2.29. The molecule has 1 aliphatic rings. The van der Waals surface area contributed by atoms with E-state index in [9.17, 15) is 8.42 Å². The van der Waals surface area contributed by atoms with Crippen LogP contribution in [0.5, 0.6) is 17.2 Å². The number of methoxy groups -OCH3 is 3. The topological polar surface area (TPSA) is 77.1 Å². The van der Waals surface area contributed by atoms with Gasteiger partial charge in [-0.2, -0.15) is 4.31 Å². The molecule has 1 saturated heterocycles. The van der Waals surface area contributed by atoms with Crippen molar-refractivity contribution in [3.05, 3.63) is 12.1 Å². The predicted octanol–water partition coefficient (Wildman–Crippen LogP) is 0.696. The lowest BCUT2D eigenvalue weighted by molar-refractivity contribution is 0.343. The standard InChI is InChI=1S/C14H22N2O5S/c1-19-11-9-13(21-3)14(10-12(11)20-2)22(17,18)16-7-4-5-15-6-8-16/h9-10,15H,4-8H2,1-3H3. The summed E-state index contributed by atoms with van der Waals surface area (Å²) in [5, 5.41) is 3.19. The Kier molecular flexibility index (Phi) is 5.49. The monoisotopic (exact) mass is 330 g/mol. The first-order valence-electron chi connectivity index (χ1n) is 7.05. The fraction of sp³-hybridized carbons (Fsp3) is 0.571. The first-order chi connectivity index (χ1) is 10.5. The smallest absolute Gasteiger partial charge is 0.246 e. The zero-order valence-corrected chi connectivity index (χ0v) is 13.9. The maximum Gasteiger partial charge on any atom is 0.246 e. The van der Waals surface area contributed by atoms with Crippen molar-refractivity contribution in [2.24, 2.45) is 0 Å². The molecule has 1 N–H and O–H groups in total. The second-order valence-electron chi connectivity index (χ2n) is 4.87. The summed E-state index contributed by atoms with van der Waals surface area (Å²) < 4.78 is 42.9. The highest BCUT2D eigenvalue weighted by atomic mass is 32.2. The first-order valence-corrected chi connectivity index (χ1v) is 8.49. The number of hydrogen-bond donors (Lipinski definition) is 1. The lowest BCUT2D eigenvalue weighted by atomic mass is 10.3. The van der Waals surface area contributed by atoms with Crippen molar-refractivity contribution in [2.45, 2.75) is 11.3 Å². The van der Waals surface area contributed by atoms with Gasteiger partial charge in [0.15, 0.2) is 11.5 Å². The molecule has 0 saturated carbocycles. The highest BCUT2D eigenvalue weighted by molar-refractivity contribution is 7.89. The molecule has 1 aliphatic heterocycles. The van der Waals surface area contributed by atoms with E-state index in [0.29, 0.717) is 31.1 Å². The van der Waals surface area contributed by atoms with Gasteiger partial charge in [0.2, 0.25) is 10.0 Å². The fourth-order valence-corrected chi connectivity index (χ4v) is 4.03. The largest absolute Gasteiger partial charge is 0.495 e. The van der Waals surface area contributed by atoms with Gasteiger partial charge in [0, 0.05) is 31.8 Å². The Bertz CT molecular complexity index is 610. The third-order valence-electron chi connectivity index (χ3n) is 3.59. The van der Waals surface area contributed by atoms with Crippen LogP contribution < -0.4 is 19.5 Å². The number of ether oxygens (including phenoxy) is 3. The van der Waals surface area contributed by atoms with Gasteiger partial charge < -0.3 is 19.5 Å². The fourth-order valence-electron chi connectivity index (χ4n) is 2.40. The summed E-state index contributed by atoms with van der Waals surface area (Å²) in [6, 6.07) is 2.98. The summed E-state index contributed by atoms with van der Waals surface area (Å²) in [6.07, 6.45) is 0.773. The Balaban J connectivity index is 2.48. The van der Waals surface area contributed by atoms with Crippen molar-refractivity contribution in [1.29, 1.82) is 0 Å². The molecular formula is C14H22N2O5S. The van der Waals surface area contributed by atoms with Crippen LogP contribution in [0, 0.1) is 0 Å². The van der Waals surface area contributed by atoms with Crippen molar-refractivity contribution in [1.82, 2.24) is 9.62 Å². The molecule has 0 unspecified atom stereocenters. The minimum atomic E-state index is -3.65. The van der Waals surface area contributed by atoms with Gasteiger partial charge in [-0.05, 0) is 13.0 Å². The zero-order chi connectivity index (χ0) is 16.2. The molecule has 0 aliphatic carbocycles. The van der Waals surface area contributed by atoms with Crippen molar-refractivity contribution in [3.63, 3.8) is 0 Å².